The number of rotatable bonds is 8. The predicted molar refractivity (Wildman–Crippen MR) is 125 cm³/mol. The Morgan fingerprint density at radius 2 is 1.81 bits per heavy atom. The number of likely N-dealkylation sites (tertiary alicyclic amines) is 1. The van der Waals surface area contributed by atoms with Crippen LogP contribution in [0, 0.1) is 11.2 Å². The third-order valence-corrected chi connectivity index (χ3v) is 6.86. The zero-order valence-corrected chi connectivity index (χ0v) is 19.8. The maximum absolute atomic E-state index is 15.6. The molecule has 1 aliphatic carbocycles. The van der Waals surface area contributed by atoms with Gasteiger partial charge >= 0.3 is 12.3 Å². The number of benzene rings is 1. The highest BCUT2D eigenvalue weighted by atomic mass is 19.4. The van der Waals surface area contributed by atoms with Crippen LogP contribution in [0.25, 0.3) is 0 Å². The van der Waals surface area contributed by atoms with E-state index in [0.29, 0.717) is 5.56 Å². The lowest BCUT2D eigenvalue weighted by Crippen LogP contribution is -2.54. The van der Waals surface area contributed by atoms with Gasteiger partial charge in [-0.15, -0.1) is 0 Å². The van der Waals surface area contributed by atoms with Crippen molar-refractivity contribution in [1.29, 1.82) is 0 Å². The average Bonchev–Trinajstić information content (AvgIpc) is 3.72. The molecule has 2 heterocycles. The zero-order chi connectivity index (χ0) is 26.8. The molecule has 2 amide bonds. The van der Waals surface area contributed by atoms with Crippen molar-refractivity contribution in [3.63, 3.8) is 0 Å². The molecule has 14 heteroatoms. The van der Waals surface area contributed by atoms with Gasteiger partial charge in [-0.25, -0.2) is 20.6 Å². The van der Waals surface area contributed by atoms with Gasteiger partial charge in [0.15, 0.2) is 11.6 Å². The molecule has 1 aromatic heterocycles. The van der Waals surface area contributed by atoms with Gasteiger partial charge in [0.1, 0.15) is 6.33 Å². The summed E-state index contributed by atoms with van der Waals surface area (Å²) in [5, 5.41) is 12.1. The number of hydrazine groups is 1. The summed E-state index contributed by atoms with van der Waals surface area (Å²) in [6.45, 7) is 0.342. The highest BCUT2D eigenvalue weighted by molar-refractivity contribution is 5.83. The molecule has 4 rings (SSSR count). The van der Waals surface area contributed by atoms with E-state index in [1.54, 1.807) is 4.90 Å². The number of carbonyl (C=O) groups excluding carboxylic acids is 1. The number of nitrogens with two attached hydrogens (primary N) is 1. The molecule has 0 spiro atoms. The van der Waals surface area contributed by atoms with E-state index in [-0.39, 0.29) is 56.7 Å². The lowest BCUT2D eigenvalue weighted by Gasteiger charge is -2.39. The minimum Gasteiger partial charge on any atom is -0.465 e. The van der Waals surface area contributed by atoms with Crippen LogP contribution in [0.3, 0.4) is 0 Å². The summed E-state index contributed by atoms with van der Waals surface area (Å²) >= 11 is 0. The average molecular weight is 526 g/mol. The van der Waals surface area contributed by atoms with Crippen molar-refractivity contribution in [1.82, 2.24) is 20.3 Å². The van der Waals surface area contributed by atoms with Crippen LogP contribution in [-0.4, -0.2) is 57.7 Å². The molecule has 1 saturated carbocycles. The van der Waals surface area contributed by atoms with E-state index in [4.69, 9.17) is 5.84 Å². The molecule has 2 aliphatic rings. The first kappa shape index (κ1) is 26.4. The monoisotopic (exact) mass is 525 g/mol. The van der Waals surface area contributed by atoms with Crippen molar-refractivity contribution in [3.05, 3.63) is 47.5 Å². The molecule has 0 atom stereocenters. The SMILES string of the molecule is NNC(=O)C1(CNc2ncnc(N(Cc3ccc(C(F)(F)F)cc3)C3CC3)c2F)CCN(C(=O)O)CC1. The van der Waals surface area contributed by atoms with E-state index < -0.39 is 35.0 Å². The third kappa shape index (κ3) is 5.84. The van der Waals surface area contributed by atoms with E-state index in [2.05, 4.69) is 20.7 Å². The number of nitrogens with one attached hydrogen (secondary N) is 2. The number of halogens is 4. The summed E-state index contributed by atoms with van der Waals surface area (Å²) < 4.78 is 54.3. The molecule has 0 unspecified atom stereocenters. The Balaban J connectivity index is 1.51. The number of hydrogen-bond acceptors (Lipinski definition) is 7. The normalized spacial score (nSPS) is 17.3. The van der Waals surface area contributed by atoms with Gasteiger partial charge in [0.2, 0.25) is 11.7 Å². The summed E-state index contributed by atoms with van der Waals surface area (Å²) in [6.07, 6.45) is -2.44. The number of amides is 2. The van der Waals surface area contributed by atoms with Crippen molar-refractivity contribution >= 4 is 23.6 Å². The van der Waals surface area contributed by atoms with Crippen LogP contribution < -0.4 is 21.5 Å². The molecule has 2 fully saturated rings. The summed E-state index contributed by atoms with van der Waals surface area (Å²) in [6, 6.07) is 4.67. The highest BCUT2D eigenvalue weighted by Gasteiger charge is 2.42. The molecule has 37 heavy (non-hydrogen) atoms. The van der Waals surface area contributed by atoms with Crippen LogP contribution in [0.4, 0.5) is 34.0 Å². The first-order chi connectivity index (χ1) is 17.5. The molecule has 2 aromatic rings. The molecule has 10 nitrogen and oxygen atoms in total. The first-order valence-electron chi connectivity index (χ1n) is 11.7. The number of hydrogen-bond donors (Lipinski definition) is 4. The second-order valence-corrected chi connectivity index (χ2v) is 9.29. The van der Waals surface area contributed by atoms with Crippen LogP contribution in [0.2, 0.25) is 0 Å². The molecule has 1 aromatic carbocycles. The molecule has 1 saturated heterocycles. The number of nitrogens with zero attached hydrogens (tertiary/aromatic N) is 4. The van der Waals surface area contributed by atoms with Gasteiger partial charge < -0.3 is 20.2 Å². The molecular formula is C23H27F4N7O3. The quantitative estimate of drug-likeness (QED) is 0.179. The van der Waals surface area contributed by atoms with E-state index in [1.165, 1.54) is 23.4 Å². The van der Waals surface area contributed by atoms with Gasteiger partial charge in [0.25, 0.3) is 0 Å². The zero-order valence-electron chi connectivity index (χ0n) is 19.8. The first-order valence-corrected chi connectivity index (χ1v) is 11.7. The molecule has 0 bridgehead atoms. The van der Waals surface area contributed by atoms with Crippen molar-refractivity contribution in [2.75, 3.05) is 29.9 Å². The fraction of sp³-hybridized carbons (Fsp3) is 0.478. The smallest absolute Gasteiger partial charge is 0.416 e. The fourth-order valence-corrected chi connectivity index (χ4v) is 4.46. The Morgan fingerprint density at radius 3 is 2.35 bits per heavy atom. The summed E-state index contributed by atoms with van der Waals surface area (Å²) in [4.78, 5) is 34.8. The Kier molecular flexibility index (Phi) is 7.39. The van der Waals surface area contributed by atoms with Gasteiger partial charge in [-0.3, -0.25) is 10.2 Å². The van der Waals surface area contributed by atoms with Gasteiger partial charge in [0, 0.05) is 32.2 Å². The van der Waals surface area contributed by atoms with Crippen LogP contribution in [0.15, 0.2) is 30.6 Å². The summed E-state index contributed by atoms with van der Waals surface area (Å²) in [7, 11) is 0. The van der Waals surface area contributed by atoms with Gasteiger partial charge in [0.05, 0.1) is 11.0 Å². The van der Waals surface area contributed by atoms with E-state index >= 15 is 4.39 Å². The number of aromatic nitrogens is 2. The van der Waals surface area contributed by atoms with Crippen molar-refractivity contribution in [3.8, 4) is 0 Å². The fourth-order valence-electron chi connectivity index (χ4n) is 4.46. The number of alkyl halides is 3. The number of anilines is 2. The van der Waals surface area contributed by atoms with Gasteiger partial charge in [-0.2, -0.15) is 17.6 Å². The van der Waals surface area contributed by atoms with E-state index in [9.17, 15) is 27.9 Å². The molecule has 5 N–H and O–H groups in total. The molecular weight excluding hydrogens is 498 g/mol. The topological polar surface area (TPSA) is 137 Å². The van der Waals surface area contributed by atoms with Crippen LogP contribution in [0.5, 0.6) is 0 Å². The van der Waals surface area contributed by atoms with Crippen LogP contribution in [0.1, 0.15) is 36.8 Å². The Bertz CT molecular complexity index is 1130. The maximum atomic E-state index is 15.6. The minimum absolute atomic E-state index is 0.00193. The third-order valence-electron chi connectivity index (χ3n) is 6.86. The second kappa shape index (κ2) is 10.4. The second-order valence-electron chi connectivity index (χ2n) is 9.29. The Hall–Kier alpha value is -3.68. The van der Waals surface area contributed by atoms with Gasteiger partial charge in [-0.05, 0) is 43.4 Å². The standard InChI is InChI=1S/C23H27F4N7O3/c24-17-18(29-12-22(20(35)32-28)7-9-33(10-8-22)21(36)37)30-13-31-19(17)34(16-5-6-16)11-14-1-3-15(4-2-14)23(25,26)27/h1-4,13,16H,5-12,28H2,(H,32,35)(H,36,37)(H,29,30,31). The highest BCUT2D eigenvalue weighted by Crippen LogP contribution is 2.36. The number of carboxylic acid groups (broad SMARTS) is 1. The van der Waals surface area contributed by atoms with Crippen molar-refractivity contribution in [2.45, 2.75) is 44.4 Å². The largest absolute Gasteiger partial charge is 0.465 e. The van der Waals surface area contributed by atoms with Gasteiger partial charge in [-0.1, -0.05) is 12.1 Å². The Labute approximate surface area is 209 Å². The molecule has 1 aliphatic heterocycles. The summed E-state index contributed by atoms with van der Waals surface area (Å²) in [5.74, 6) is 3.96. The van der Waals surface area contributed by atoms with Crippen LogP contribution in [-0.2, 0) is 17.5 Å². The predicted octanol–water partition coefficient (Wildman–Crippen LogP) is 2.97. The van der Waals surface area contributed by atoms with Crippen molar-refractivity contribution in [2.24, 2.45) is 11.3 Å². The number of piperidine rings is 1. The lowest BCUT2D eigenvalue weighted by atomic mass is 9.77. The van der Waals surface area contributed by atoms with Crippen molar-refractivity contribution < 1.29 is 32.3 Å². The minimum atomic E-state index is -4.45. The van der Waals surface area contributed by atoms with E-state index in [0.717, 1.165) is 25.0 Å². The van der Waals surface area contributed by atoms with E-state index in [1.807, 2.05) is 0 Å². The maximum Gasteiger partial charge on any atom is 0.416 e. The summed E-state index contributed by atoms with van der Waals surface area (Å²) in [5.41, 5.74) is 0.840. The lowest BCUT2D eigenvalue weighted by molar-refractivity contribution is -0.137. The number of carbonyl (C=O) groups is 2. The van der Waals surface area contributed by atoms with Crippen LogP contribution >= 0.6 is 0 Å². The Morgan fingerprint density at radius 1 is 1.16 bits per heavy atom. The molecule has 200 valence electrons. The molecule has 0 radical (unpaired) electrons.